The summed E-state index contributed by atoms with van der Waals surface area (Å²) in [5, 5.41) is 0. The molecule has 0 spiro atoms. The zero-order chi connectivity index (χ0) is 13.5. The number of aryl methyl sites for hydroxylation is 1. The molecule has 2 aromatic rings. The Hall–Kier alpha value is -1.20. The molecule has 0 amide bonds. The first-order valence-corrected chi connectivity index (χ1v) is 6.19. The molecule has 0 unspecified atom stereocenters. The van der Waals surface area contributed by atoms with Crippen molar-refractivity contribution in [2.75, 3.05) is 7.11 Å². The highest BCUT2D eigenvalue weighted by Crippen LogP contribution is 2.21. The average molecular weight is 268 g/mol. The lowest BCUT2D eigenvalue weighted by Gasteiger charge is -2.23. The highest BCUT2D eigenvalue weighted by molar-refractivity contribution is 7.71. The summed E-state index contributed by atoms with van der Waals surface area (Å²) in [5.41, 5.74) is 1.91. The van der Waals surface area contributed by atoms with E-state index in [4.69, 9.17) is 17.0 Å². The van der Waals surface area contributed by atoms with E-state index in [0.29, 0.717) is 16.9 Å². The van der Waals surface area contributed by atoms with Crippen molar-refractivity contribution in [3.63, 3.8) is 0 Å². The highest BCUT2D eigenvalue weighted by Gasteiger charge is 2.19. The minimum absolute atomic E-state index is 0.225. The minimum atomic E-state index is -0.324. The number of aromatic nitrogens is 2. The largest absolute Gasteiger partial charge is 0.377 e. The van der Waals surface area contributed by atoms with Gasteiger partial charge >= 0.3 is 0 Å². The number of aromatic amines is 1. The third-order valence-corrected chi connectivity index (χ3v) is 3.47. The van der Waals surface area contributed by atoms with Crippen molar-refractivity contribution < 1.29 is 9.13 Å². The molecule has 3 nitrogen and oxygen atoms in total. The topological polar surface area (TPSA) is 29.9 Å². The summed E-state index contributed by atoms with van der Waals surface area (Å²) in [5.74, 6) is -0.225. The van der Waals surface area contributed by atoms with E-state index >= 15 is 0 Å². The van der Waals surface area contributed by atoms with Gasteiger partial charge in [-0.25, -0.2) is 4.39 Å². The number of nitrogens with zero attached hydrogens (tertiary/aromatic N) is 1. The van der Waals surface area contributed by atoms with Crippen molar-refractivity contribution in [2.45, 2.75) is 32.9 Å². The first-order valence-electron chi connectivity index (χ1n) is 5.78. The fraction of sp³-hybridized carbons (Fsp3) is 0.462. The molecular formula is C13H17FN2OS. The fourth-order valence-electron chi connectivity index (χ4n) is 1.88. The Kier molecular flexibility index (Phi) is 3.29. The van der Waals surface area contributed by atoms with E-state index in [0.717, 1.165) is 11.0 Å². The van der Waals surface area contributed by atoms with Crippen LogP contribution in [0, 0.1) is 17.5 Å². The second-order valence-corrected chi connectivity index (χ2v) is 5.49. The monoisotopic (exact) mass is 268 g/mol. The Morgan fingerprint density at radius 1 is 1.44 bits per heavy atom. The summed E-state index contributed by atoms with van der Waals surface area (Å²) in [6, 6.07) is 3.29. The number of hydrogen-bond acceptors (Lipinski definition) is 2. The van der Waals surface area contributed by atoms with Gasteiger partial charge in [0.15, 0.2) is 4.77 Å². The van der Waals surface area contributed by atoms with Gasteiger partial charge in [-0.2, -0.15) is 0 Å². The van der Waals surface area contributed by atoms with Gasteiger partial charge < -0.3 is 14.3 Å². The third kappa shape index (κ3) is 2.33. The van der Waals surface area contributed by atoms with Crippen LogP contribution in [-0.2, 0) is 11.3 Å². The van der Waals surface area contributed by atoms with Gasteiger partial charge in [0.1, 0.15) is 5.82 Å². The molecule has 2 rings (SSSR count). The molecule has 1 heterocycles. The predicted molar refractivity (Wildman–Crippen MR) is 72.9 cm³/mol. The summed E-state index contributed by atoms with van der Waals surface area (Å²) in [4.78, 5) is 3.02. The standard InChI is InChI=1S/C13H17FN2OS/c1-8-5-11-10(6-9(8)14)15-12(18)16(11)7-13(2,3)17-4/h5-6H,7H2,1-4H3,(H,15,18). The number of rotatable bonds is 3. The van der Waals surface area contributed by atoms with Gasteiger partial charge in [0.05, 0.1) is 23.2 Å². The molecule has 0 saturated heterocycles. The predicted octanol–water partition coefficient (Wildman–Crippen LogP) is 3.57. The van der Waals surface area contributed by atoms with Gasteiger partial charge in [0, 0.05) is 7.11 Å². The fourth-order valence-corrected chi connectivity index (χ4v) is 2.16. The van der Waals surface area contributed by atoms with E-state index in [1.165, 1.54) is 6.07 Å². The van der Waals surface area contributed by atoms with Gasteiger partial charge in [0.2, 0.25) is 0 Å². The van der Waals surface area contributed by atoms with Crippen LogP contribution in [0.15, 0.2) is 12.1 Å². The Morgan fingerprint density at radius 2 is 2.11 bits per heavy atom. The van der Waals surface area contributed by atoms with E-state index in [1.54, 1.807) is 14.0 Å². The lowest BCUT2D eigenvalue weighted by atomic mass is 10.1. The Bertz CT molecular complexity index is 642. The molecule has 0 aliphatic carbocycles. The molecule has 0 atom stereocenters. The maximum atomic E-state index is 13.5. The van der Waals surface area contributed by atoms with Crippen LogP contribution in [-0.4, -0.2) is 22.3 Å². The van der Waals surface area contributed by atoms with Gasteiger partial charge in [-0.3, -0.25) is 0 Å². The van der Waals surface area contributed by atoms with Crippen molar-refractivity contribution in [1.29, 1.82) is 0 Å². The number of benzene rings is 1. The maximum Gasteiger partial charge on any atom is 0.178 e. The molecule has 1 N–H and O–H groups in total. The van der Waals surface area contributed by atoms with Crippen LogP contribution < -0.4 is 0 Å². The smallest absolute Gasteiger partial charge is 0.178 e. The highest BCUT2D eigenvalue weighted by atomic mass is 32.1. The van der Waals surface area contributed by atoms with Gasteiger partial charge in [-0.05, 0) is 50.7 Å². The van der Waals surface area contributed by atoms with Crippen LogP contribution in [0.4, 0.5) is 4.39 Å². The second-order valence-electron chi connectivity index (χ2n) is 5.10. The lowest BCUT2D eigenvalue weighted by Crippen LogP contribution is -2.29. The van der Waals surface area contributed by atoms with Crippen LogP contribution in [0.5, 0.6) is 0 Å². The summed E-state index contributed by atoms with van der Waals surface area (Å²) < 4.78 is 21.4. The van der Waals surface area contributed by atoms with Gasteiger partial charge in [-0.15, -0.1) is 0 Å². The Morgan fingerprint density at radius 3 is 2.72 bits per heavy atom. The first-order chi connectivity index (χ1) is 8.34. The van der Waals surface area contributed by atoms with E-state index in [1.807, 2.05) is 24.5 Å². The SMILES string of the molecule is COC(C)(C)Cn1c(=S)[nH]c2cc(F)c(C)cc21. The number of hydrogen-bond donors (Lipinski definition) is 1. The van der Waals surface area contributed by atoms with Crippen molar-refractivity contribution in [3.8, 4) is 0 Å². The van der Waals surface area contributed by atoms with Crippen molar-refractivity contribution >= 4 is 23.3 Å². The molecule has 18 heavy (non-hydrogen) atoms. The summed E-state index contributed by atoms with van der Waals surface area (Å²) in [6.07, 6.45) is 0. The lowest BCUT2D eigenvalue weighted by molar-refractivity contribution is 0.00873. The van der Waals surface area contributed by atoms with Crippen LogP contribution in [0.25, 0.3) is 11.0 Å². The molecule has 0 radical (unpaired) electrons. The molecule has 1 aromatic carbocycles. The molecule has 1 aromatic heterocycles. The third-order valence-electron chi connectivity index (χ3n) is 3.15. The molecule has 0 saturated carbocycles. The molecule has 98 valence electrons. The summed E-state index contributed by atoms with van der Waals surface area (Å²) >= 11 is 5.28. The number of halogens is 1. The number of H-pyrrole nitrogens is 1. The van der Waals surface area contributed by atoms with Crippen molar-refractivity contribution in [2.24, 2.45) is 0 Å². The molecule has 5 heteroatoms. The number of fused-ring (bicyclic) bond motifs is 1. The molecular weight excluding hydrogens is 251 g/mol. The van der Waals surface area contributed by atoms with Gasteiger partial charge in [-0.1, -0.05) is 0 Å². The van der Waals surface area contributed by atoms with E-state index in [2.05, 4.69) is 4.98 Å². The van der Waals surface area contributed by atoms with E-state index in [-0.39, 0.29) is 11.4 Å². The number of nitrogens with one attached hydrogen (secondary N) is 1. The normalized spacial score (nSPS) is 12.3. The molecule has 0 bridgehead atoms. The van der Waals surface area contributed by atoms with Crippen LogP contribution in [0.3, 0.4) is 0 Å². The van der Waals surface area contributed by atoms with Crippen molar-refractivity contribution in [1.82, 2.24) is 9.55 Å². The Balaban J connectivity index is 2.60. The van der Waals surface area contributed by atoms with Crippen LogP contribution >= 0.6 is 12.2 Å². The number of imidazole rings is 1. The summed E-state index contributed by atoms with van der Waals surface area (Å²) in [6.45, 7) is 6.35. The number of ether oxygens (including phenoxy) is 1. The van der Waals surface area contributed by atoms with Gasteiger partial charge in [0.25, 0.3) is 0 Å². The van der Waals surface area contributed by atoms with E-state index < -0.39 is 0 Å². The average Bonchev–Trinajstić information content (AvgIpc) is 2.57. The number of methoxy groups -OCH3 is 1. The molecule has 0 aliphatic heterocycles. The Labute approximate surface area is 111 Å². The summed E-state index contributed by atoms with van der Waals surface area (Å²) in [7, 11) is 1.67. The quantitative estimate of drug-likeness (QED) is 0.862. The van der Waals surface area contributed by atoms with E-state index in [9.17, 15) is 4.39 Å². The second kappa shape index (κ2) is 4.48. The maximum absolute atomic E-state index is 13.5. The zero-order valence-corrected chi connectivity index (χ0v) is 11.8. The van der Waals surface area contributed by atoms with Crippen LogP contribution in [0.1, 0.15) is 19.4 Å². The first kappa shape index (κ1) is 13.2. The van der Waals surface area contributed by atoms with Crippen LogP contribution in [0.2, 0.25) is 0 Å². The molecule has 0 fully saturated rings. The van der Waals surface area contributed by atoms with Crippen molar-refractivity contribution in [3.05, 3.63) is 28.3 Å². The zero-order valence-electron chi connectivity index (χ0n) is 11.0. The molecule has 0 aliphatic rings. The minimum Gasteiger partial charge on any atom is -0.377 e.